The molecular weight excluding hydrogens is 304 g/mol. The molecule has 22 heavy (non-hydrogen) atoms. The molecule has 3 aromatic rings. The van der Waals surface area contributed by atoms with Crippen molar-refractivity contribution in [3.05, 3.63) is 64.5 Å². The van der Waals surface area contributed by atoms with Gasteiger partial charge in [-0.1, -0.05) is 6.07 Å². The van der Waals surface area contributed by atoms with Crippen LogP contribution in [0.3, 0.4) is 0 Å². The molecule has 1 heterocycles. The van der Waals surface area contributed by atoms with Crippen LogP contribution in [-0.2, 0) is 5.88 Å². The van der Waals surface area contributed by atoms with Gasteiger partial charge in [0.05, 0.1) is 7.11 Å². The molecule has 0 saturated heterocycles. The molecule has 3 rings (SSSR count). The Morgan fingerprint density at radius 3 is 2.59 bits per heavy atom. The van der Waals surface area contributed by atoms with Crippen molar-refractivity contribution in [3.8, 4) is 17.2 Å². The Morgan fingerprint density at radius 1 is 1.05 bits per heavy atom. The minimum absolute atomic E-state index is 0.248. The molecule has 0 aliphatic carbocycles. The van der Waals surface area contributed by atoms with E-state index in [0.717, 1.165) is 10.9 Å². The lowest BCUT2D eigenvalue weighted by Gasteiger charge is -2.08. The highest BCUT2D eigenvalue weighted by atomic mass is 35.5. The third-order valence-electron chi connectivity index (χ3n) is 3.22. The van der Waals surface area contributed by atoms with Crippen LogP contribution in [0.5, 0.6) is 17.2 Å². The number of alkyl halides is 1. The predicted molar refractivity (Wildman–Crippen MR) is 85.1 cm³/mol. The number of fused-ring (bicyclic) bond motifs is 1. The zero-order chi connectivity index (χ0) is 15.5. The van der Waals surface area contributed by atoms with Crippen molar-refractivity contribution >= 4 is 22.6 Å². The maximum absolute atomic E-state index is 11.5. The van der Waals surface area contributed by atoms with E-state index >= 15 is 0 Å². The molecule has 0 fully saturated rings. The molecule has 0 bridgehead atoms. The minimum Gasteiger partial charge on any atom is -0.497 e. The molecule has 0 saturated carbocycles. The maximum atomic E-state index is 11.5. The maximum Gasteiger partial charge on any atom is 0.336 e. The highest BCUT2D eigenvalue weighted by Crippen LogP contribution is 2.28. The largest absolute Gasteiger partial charge is 0.497 e. The summed E-state index contributed by atoms with van der Waals surface area (Å²) < 4.78 is 16.1. The topological polar surface area (TPSA) is 48.7 Å². The molecule has 0 aliphatic heterocycles. The molecule has 1 aromatic heterocycles. The average molecular weight is 317 g/mol. The third kappa shape index (κ3) is 2.92. The summed E-state index contributed by atoms with van der Waals surface area (Å²) in [4.78, 5) is 11.5. The summed E-state index contributed by atoms with van der Waals surface area (Å²) in [5.74, 6) is 2.15. The molecule has 2 aromatic carbocycles. The van der Waals surface area contributed by atoms with Crippen LogP contribution in [-0.4, -0.2) is 7.11 Å². The van der Waals surface area contributed by atoms with E-state index in [2.05, 4.69) is 0 Å². The highest BCUT2D eigenvalue weighted by molar-refractivity contribution is 6.17. The van der Waals surface area contributed by atoms with Gasteiger partial charge in [0.25, 0.3) is 0 Å². The van der Waals surface area contributed by atoms with Gasteiger partial charge in [0.15, 0.2) is 0 Å². The van der Waals surface area contributed by atoms with Gasteiger partial charge in [-0.25, -0.2) is 4.79 Å². The number of hydrogen-bond acceptors (Lipinski definition) is 4. The molecule has 0 aliphatic rings. The zero-order valence-electron chi connectivity index (χ0n) is 11.8. The molecule has 4 nitrogen and oxygen atoms in total. The molecule has 0 unspecified atom stereocenters. The first kappa shape index (κ1) is 14.5. The summed E-state index contributed by atoms with van der Waals surface area (Å²) >= 11 is 5.86. The summed E-state index contributed by atoms with van der Waals surface area (Å²) in [5, 5.41) is 0.799. The lowest BCUT2D eigenvalue weighted by atomic mass is 10.1. The number of ether oxygens (including phenoxy) is 2. The third-order valence-corrected chi connectivity index (χ3v) is 3.51. The number of benzene rings is 2. The van der Waals surface area contributed by atoms with Crippen LogP contribution < -0.4 is 15.1 Å². The predicted octanol–water partition coefficient (Wildman–Crippen LogP) is 4.33. The van der Waals surface area contributed by atoms with E-state index in [1.54, 1.807) is 25.3 Å². The SMILES string of the molecule is COc1cccc(Oc2ccc3c(CCl)cc(=O)oc3c2)c1. The fourth-order valence-corrected chi connectivity index (χ4v) is 2.41. The summed E-state index contributed by atoms with van der Waals surface area (Å²) in [7, 11) is 1.59. The molecule has 0 atom stereocenters. The summed E-state index contributed by atoms with van der Waals surface area (Å²) in [5.41, 5.74) is 0.756. The van der Waals surface area contributed by atoms with Crippen LogP contribution in [0.4, 0.5) is 0 Å². The average Bonchev–Trinajstić information content (AvgIpc) is 2.53. The van der Waals surface area contributed by atoms with Gasteiger partial charge in [0.1, 0.15) is 22.8 Å². The quantitative estimate of drug-likeness (QED) is 0.531. The van der Waals surface area contributed by atoms with Crippen molar-refractivity contribution in [2.24, 2.45) is 0 Å². The van der Waals surface area contributed by atoms with Crippen LogP contribution in [0.1, 0.15) is 5.56 Å². The lowest BCUT2D eigenvalue weighted by Crippen LogP contribution is -1.99. The van der Waals surface area contributed by atoms with Crippen LogP contribution in [0.15, 0.2) is 57.7 Å². The Hall–Kier alpha value is -2.46. The van der Waals surface area contributed by atoms with E-state index in [1.165, 1.54) is 6.07 Å². The van der Waals surface area contributed by atoms with Gasteiger partial charge < -0.3 is 13.9 Å². The Kier molecular flexibility index (Phi) is 4.02. The summed E-state index contributed by atoms with van der Waals surface area (Å²) in [6, 6.07) is 14.0. The minimum atomic E-state index is -0.429. The zero-order valence-corrected chi connectivity index (χ0v) is 12.6. The van der Waals surface area contributed by atoms with Crippen molar-refractivity contribution in [3.63, 3.8) is 0 Å². The van der Waals surface area contributed by atoms with Crippen molar-refractivity contribution in [1.82, 2.24) is 0 Å². The van der Waals surface area contributed by atoms with Crippen molar-refractivity contribution in [2.75, 3.05) is 7.11 Å². The first-order valence-corrected chi connectivity index (χ1v) is 7.18. The molecule has 112 valence electrons. The molecule has 5 heteroatoms. The van der Waals surface area contributed by atoms with Gasteiger partial charge in [-0.15, -0.1) is 11.6 Å². The van der Waals surface area contributed by atoms with Crippen LogP contribution in [0, 0.1) is 0 Å². The molecule has 0 amide bonds. The van der Waals surface area contributed by atoms with E-state index in [1.807, 2.05) is 24.3 Å². The Labute approximate surface area is 131 Å². The van der Waals surface area contributed by atoms with Crippen molar-refractivity contribution < 1.29 is 13.9 Å². The Balaban J connectivity index is 1.99. The Morgan fingerprint density at radius 2 is 1.82 bits per heavy atom. The smallest absolute Gasteiger partial charge is 0.336 e. The lowest BCUT2D eigenvalue weighted by molar-refractivity contribution is 0.409. The van der Waals surface area contributed by atoms with Gasteiger partial charge in [0, 0.05) is 29.5 Å². The van der Waals surface area contributed by atoms with Crippen LogP contribution >= 0.6 is 11.6 Å². The van der Waals surface area contributed by atoms with Gasteiger partial charge in [-0.2, -0.15) is 0 Å². The molecule has 0 spiro atoms. The second-order valence-corrected chi connectivity index (χ2v) is 4.93. The van der Waals surface area contributed by atoms with E-state index in [0.29, 0.717) is 22.8 Å². The summed E-state index contributed by atoms with van der Waals surface area (Å²) in [6.07, 6.45) is 0. The van der Waals surface area contributed by atoms with Gasteiger partial charge >= 0.3 is 5.63 Å². The van der Waals surface area contributed by atoms with Crippen LogP contribution in [0.25, 0.3) is 11.0 Å². The highest BCUT2D eigenvalue weighted by Gasteiger charge is 2.07. The Bertz CT molecular complexity index is 870. The van der Waals surface area contributed by atoms with E-state index in [4.69, 9.17) is 25.5 Å². The first-order valence-electron chi connectivity index (χ1n) is 6.64. The molecule has 0 radical (unpaired) electrons. The number of methoxy groups -OCH3 is 1. The fourth-order valence-electron chi connectivity index (χ4n) is 2.19. The fraction of sp³-hybridized carbons (Fsp3) is 0.118. The standard InChI is InChI=1S/C17H13ClO4/c1-20-12-3-2-4-13(8-12)21-14-5-6-15-11(10-18)7-17(19)22-16(15)9-14/h2-9H,10H2,1H3. The first-order chi connectivity index (χ1) is 10.7. The monoisotopic (exact) mass is 316 g/mol. The normalized spacial score (nSPS) is 10.6. The number of halogens is 1. The second kappa shape index (κ2) is 6.12. The number of rotatable bonds is 4. The van der Waals surface area contributed by atoms with Crippen molar-refractivity contribution in [1.29, 1.82) is 0 Å². The molecular formula is C17H13ClO4. The van der Waals surface area contributed by atoms with E-state index < -0.39 is 5.63 Å². The molecule has 0 N–H and O–H groups in total. The summed E-state index contributed by atoms with van der Waals surface area (Å²) in [6.45, 7) is 0. The van der Waals surface area contributed by atoms with Crippen LogP contribution in [0.2, 0.25) is 0 Å². The van der Waals surface area contributed by atoms with Gasteiger partial charge in [-0.3, -0.25) is 0 Å². The van der Waals surface area contributed by atoms with Crippen molar-refractivity contribution in [2.45, 2.75) is 5.88 Å². The number of hydrogen-bond donors (Lipinski definition) is 0. The van der Waals surface area contributed by atoms with E-state index in [9.17, 15) is 4.79 Å². The second-order valence-electron chi connectivity index (χ2n) is 4.66. The van der Waals surface area contributed by atoms with E-state index in [-0.39, 0.29) is 5.88 Å². The van der Waals surface area contributed by atoms with Gasteiger partial charge in [-0.05, 0) is 29.8 Å². The van der Waals surface area contributed by atoms with Gasteiger partial charge in [0.2, 0.25) is 0 Å².